The van der Waals surface area contributed by atoms with E-state index in [2.05, 4.69) is 14.9 Å². The fourth-order valence-corrected chi connectivity index (χ4v) is 4.33. The normalized spacial score (nSPS) is 15.6. The lowest BCUT2D eigenvalue weighted by Gasteiger charge is -2.34. The van der Waals surface area contributed by atoms with Gasteiger partial charge in [-0.1, -0.05) is 11.6 Å². The SMILES string of the molecule is Fc1ccc2nccc(N3CCC(Cc4nc5ccc(Cl)cc5[nH]4)CC3)c2c1. The molecule has 6 heteroatoms. The van der Waals surface area contributed by atoms with E-state index < -0.39 is 0 Å². The molecule has 1 aliphatic heterocycles. The number of piperidine rings is 1. The van der Waals surface area contributed by atoms with Crippen LogP contribution in [0.15, 0.2) is 48.7 Å². The average Bonchev–Trinajstić information content (AvgIpc) is 3.09. The minimum absolute atomic E-state index is 0.221. The Morgan fingerprint density at radius 1 is 1.07 bits per heavy atom. The molecule has 0 bridgehead atoms. The summed E-state index contributed by atoms with van der Waals surface area (Å²) in [4.78, 5) is 14.8. The third-order valence-corrected chi connectivity index (χ3v) is 5.85. The number of H-pyrrole nitrogens is 1. The number of pyridine rings is 1. The monoisotopic (exact) mass is 394 g/mol. The van der Waals surface area contributed by atoms with Gasteiger partial charge in [0.25, 0.3) is 0 Å². The first-order valence-corrected chi connectivity index (χ1v) is 9.97. The molecule has 2 aromatic heterocycles. The Hall–Kier alpha value is -2.66. The molecule has 4 aromatic rings. The second-order valence-corrected chi connectivity index (χ2v) is 7.91. The van der Waals surface area contributed by atoms with E-state index in [0.29, 0.717) is 5.92 Å². The van der Waals surface area contributed by atoms with E-state index in [4.69, 9.17) is 16.6 Å². The van der Waals surface area contributed by atoms with E-state index in [1.54, 1.807) is 18.3 Å². The van der Waals surface area contributed by atoms with Crippen LogP contribution in [0.1, 0.15) is 18.7 Å². The van der Waals surface area contributed by atoms with Crippen molar-refractivity contribution in [2.45, 2.75) is 19.3 Å². The van der Waals surface area contributed by atoms with E-state index in [1.807, 2.05) is 24.3 Å². The van der Waals surface area contributed by atoms with Crippen molar-refractivity contribution in [1.82, 2.24) is 15.0 Å². The number of hydrogen-bond donors (Lipinski definition) is 1. The highest BCUT2D eigenvalue weighted by Crippen LogP contribution is 2.31. The van der Waals surface area contributed by atoms with Crippen molar-refractivity contribution in [3.8, 4) is 0 Å². The molecule has 1 N–H and O–H groups in total. The Labute approximate surface area is 167 Å². The van der Waals surface area contributed by atoms with Crippen molar-refractivity contribution in [3.05, 3.63) is 65.3 Å². The summed E-state index contributed by atoms with van der Waals surface area (Å²) in [6.45, 7) is 1.90. The number of hydrogen-bond acceptors (Lipinski definition) is 3. The largest absolute Gasteiger partial charge is 0.371 e. The summed E-state index contributed by atoms with van der Waals surface area (Å²) in [5, 5.41) is 1.60. The van der Waals surface area contributed by atoms with Crippen LogP contribution < -0.4 is 4.90 Å². The van der Waals surface area contributed by atoms with Gasteiger partial charge >= 0.3 is 0 Å². The van der Waals surface area contributed by atoms with Crippen LogP contribution in [0.5, 0.6) is 0 Å². The molecule has 0 amide bonds. The van der Waals surface area contributed by atoms with Crippen LogP contribution in [0.3, 0.4) is 0 Å². The predicted molar refractivity (Wildman–Crippen MR) is 111 cm³/mol. The van der Waals surface area contributed by atoms with Crippen molar-refractivity contribution in [2.24, 2.45) is 5.92 Å². The molecule has 0 aliphatic carbocycles. The quantitative estimate of drug-likeness (QED) is 0.508. The maximum absolute atomic E-state index is 13.7. The molecule has 1 fully saturated rings. The van der Waals surface area contributed by atoms with Crippen molar-refractivity contribution in [2.75, 3.05) is 18.0 Å². The fraction of sp³-hybridized carbons (Fsp3) is 0.273. The number of aromatic nitrogens is 3. The van der Waals surface area contributed by atoms with Gasteiger partial charge in [-0.2, -0.15) is 0 Å². The number of halogens is 2. The number of benzene rings is 2. The summed E-state index contributed by atoms with van der Waals surface area (Å²) < 4.78 is 13.7. The standard InChI is InChI=1S/C22H20ClFN4/c23-15-1-3-19-20(12-15)27-22(26-19)11-14-6-9-28(10-7-14)21-5-8-25-18-4-2-16(24)13-17(18)21/h1-5,8,12-14H,6-7,9-11H2,(H,26,27). The van der Waals surface area contributed by atoms with Gasteiger partial charge in [-0.05, 0) is 61.2 Å². The van der Waals surface area contributed by atoms with E-state index >= 15 is 0 Å². The molecule has 0 radical (unpaired) electrons. The topological polar surface area (TPSA) is 44.8 Å². The first-order valence-electron chi connectivity index (χ1n) is 9.59. The highest BCUT2D eigenvalue weighted by Gasteiger charge is 2.22. The predicted octanol–water partition coefficient (Wildman–Crippen LogP) is 5.36. The molecule has 1 saturated heterocycles. The lowest BCUT2D eigenvalue weighted by Crippen LogP contribution is -2.34. The molecule has 4 nitrogen and oxygen atoms in total. The molecule has 142 valence electrons. The fourth-order valence-electron chi connectivity index (χ4n) is 4.16. The molecular formula is C22H20ClFN4. The maximum atomic E-state index is 13.7. The van der Waals surface area contributed by atoms with Crippen molar-refractivity contribution in [3.63, 3.8) is 0 Å². The minimum atomic E-state index is -0.221. The zero-order valence-corrected chi connectivity index (χ0v) is 16.1. The van der Waals surface area contributed by atoms with Crippen LogP contribution in [-0.2, 0) is 6.42 Å². The molecule has 1 aliphatic rings. The van der Waals surface area contributed by atoms with Crippen molar-refractivity contribution < 1.29 is 4.39 Å². The third kappa shape index (κ3) is 3.31. The molecule has 28 heavy (non-hydrogen) atoms. The molecule has 0 unspecified atom stereocenters. The van der Waals surface area contributed by atoms with Crippen LogP contribution in [0, 0.1) is 11.7 Å². The first kappa shape index (κ1) is 17.4. The van der Waals surface area contributed by atoms with Crippen molar-refractivity contribution in [1.29, 1.82) is 0 Å². The summed E-state index contributed by atoms with van der Waals surface area (Å²) in [6.07, 6.45) is 4.90. The van der Waals surface area contributed by atoms with E-state index in [9.17, 15) is 4.39 Å². The van der Waals surface area contributed by atoms with Crippen LogP contribution in [0.2, 0.25) is 5.02 Å². The van der Waals surface area contributed by atoms with Gasteiger partial charge in [0.15, 0.2) is 0 Å². The van der Waals surface area contributed by atoms with E-state index in [0.717, 1.165) is 70.8 Å². The smallest absolute Gasteiger partial charge is 0.124 e. The molecule has 2 aromatic carbocycles. The second kappa shape index (κ2) is 7.06. The van der Waals surface area contributed by atoms with Gasteiger partial charge in [-0.3, -0.25) is 4.98 Å². The van der Waals surface area contributed by atoms with Gasteiger partial charge in [-0.25, -0.2) is 9.37 Å². The lowest BCUT2D eigenvalue weighted by molar-refractivity contribution is 0.398. The summed E-state index contributed by atoms with van der Waals surface area (Å²) in [7, 11) is 0. The maximum Gasteiger partial charge on any atom is 0.124 e. The highest BCUT2D eigenvalue weighted by molar-refractivity contribution is 6.31. The summed E-state index contributed by atoms with van der Waals surface area (Å²) >= 11 is 6.06. The Morgan fingerprint density at radius 3 is 2.75 bits per heavy atom. The summed E-state index contributed by atoms with van der Waals surface area (Å²) in [5.41, 5.74) is 3.86. The summed E-state index contributed by atoms with van der Waals surface area (Å²) in [6, 6.07) is 12.5. The Bertz CT molecular complexity index is 1150. The van der Waals surface area contributed by atoms with Gasteiger partial charge in [-0.15, -0.1) is 0 Å². The number of nitrogens with one attached hydrogen (secondary N) is 1. The van der Waals surface area contributed by atoms with Crippen LogP contribution in [-0.4, -0.2) is 28.0 Å². The van der Waals surface area contributed by atoms with Gasteiger partial charge in [0.1, 0.15) is 11.6 Å². The molecule has 3 heterocycles. The Kier molecular flexibility index (Phi) is 4.40. The zero-order chi connectivity index (χ0) is 19.1. The molecule has 0 spiro atoms. The Morgan fingerprint density at radius 2 is 1.89 bits per heavy atom. The number of aromatic amines is 1. The number of imidazole rings is 1. The minimum Gasteiger partial charge on any atom is -0.371 e. The third-order valence-electron chi connectivity index (χ3n) is 5.61. The van der Waals surface area contributed by atoms with Crippen LogP contribution >= 0.6 is 11.6 Å². The lowest BCUT2D eigenvalue weighted by atomic mass is 9.93. The summed E-state index contributed by atoms with van der Waals surface area (Å²) in [5.74, 6) is 1.38. The van der Waals surface area contributed by atoms with Gasteiger partial charge in [0, 0.05) is 41.8 Å². The van der Waals surface area contributed by atoms with Crippen LogP contribution in [0.25, 0.3) is 21.9 Å². The molecule has 0 atom stereocenters. The molecule has 0 saturated carbocycles. The Balaban J connectivity index is 1.30. The number of fused-ring (bicyclic) bond motifs is 2. The average molecular weight is 395 g/mol. The first-order chi connectivity index (χ1) is 13.7. The van der Waals surface area contributed by atoms with E-state index in [1.165, 1.54) is 6.07 Å². The molecule has 5 rings (SSSR count). The van der Waals surface area contributed by atoms with Gasteiger partial charge < -0.3 is 9.88 Å². The van der Waals surface area contributed by atoms with Crippen LogP contribution in [0.4, 0.5) is 10.1 Å². The van der Waals surface area contributed by atoms with Gasteiger partial charge in [0.05, 0.1) is 16.6 Å². The zero-order valence-electron chi connectivity index (χ0n) is 15.3. The number of anilines is 1. The number of rotatable bonds is 3. The van der Waals surface area contributed by atoms with E-state index in [-0.39, 0.29) is 5.82 Å². The van der Waals surface area contributed by atoms with Crippen molar-refractivity contribution >= 4 is 39.2 Å². The molecular weight excluding hydrogens is 375 g/mol. The number of nitrogens with zero attached hydrogens (tertiary/aromatic N) is 3. The van der Waals surface area contributed by atoms with Gasteiger partial charge in [0.2, 0.25) is 0 Å². The second-order valence-electron chi connectivity index (χ2n) is 7.47. The highest BCUT2D eigenvalue weighted by atomic mass is 35.5.